The number of hydrogen-bond donors (Lipinski definition) is 7. The zero-order valence-corrected chi connectivity index (χ0v) is 38.5. The van der Waals surface area contributed by atoms with Crippen molar-refractivity contribution in [3.63, 3.8) is 0 Å². The van der Waals surface area contributed by atoms with E-state index in [0.29, 0.717) is 47.4 Å². The van der Waals surface area contributed by atoms with Crippen LogP contribution in [0.5, 0.6) is 0 Å². The summed E-state index contributed by atoms with van der Waals surface area (Å²) in [4.78, 5) is 48.5. The maximum Gasteiger partial charge on any atom is 0.229 e. The molecule has 1 amide bonds. The highest BCUT2D eigenvalue weighted by atomic mass is 19.1. The number of H-pyrrole nitrogens is 4. The summed E-state index contributed by atoms with van der Waals surface area (Å²) < 4.78 is 36.9. The molecule has 2 aromatic carbocycles. The molecular formula is C53H59F2N17O3. The monoisotopic (exact) mass is 1020 g/mol. The van der Waals surface area contributed by atoms with Gasteiger partial charge in [-0.15, -0.1) is 0 Å². The quantitative estimate of drug-likeness (QED) is 0.0526. The van der Waals surface area contributed by atoms with E-state index >= 15 is 0 Å². The lowest BCUT2D eigenvalue weighted by Gasteiger charge is -2.27. The molecule has 20 nitrogen and oxygen atoms in total. The highest BCUT2D eigenvalue weighted by molar-refractivity contribution is 5.94. The summed E-state index contributed by atoms with van der Waals surface area (Å²) in [5.41, 5.74) is 20.9. The number of carbonyl (C=O) groups excluding carboxylic acids is 1. The van der Waals surface area contributed by atoms with Crippen molar-refractivity contribution in [2.24, 2.45) is 0 Å². The predicted molar refractivity (Wildman–Crippen MR) is 290 cm³/mol. The van der Waals surface area contributed by atoms with Crippen molar-refractivity contribution in [1.82, 2.24) is 60.3 Å². The number of nitrogen functional groups attached to an aromatic ring is 2. The van der Waals surface area contributed by atoms with Gasteiger partial charge in [0.15, 0.2) is 5.82 Å². The Bertz CT molecular complexity index is 3440. The summed E-state index contributed by atoms with van der Waals surface area (Å²) in [6, 6.07) is 29.0. The van der Waals surface area contributed by atoms with Crippen molar-refractivity contribution < 1.29 is 23.0 Å². The van der Waals surface area contributed by atoms with Gasteiger partial charge < -0.3 is 46.0 Å². The molecule has 10 heterocycles. The van der Waals surface area contributed by atoms with Crippen molar-refractivity contribution in [2.45, 2.75) is 28.7 Å². The van der Waals surface area contributed by atoms with Gasteiger partial charge in [-0.3, -0.25) is 15.0 Å². The minimum absolute atomic E-state index is 0. The Kier molecular flexibility index (Phi) is 17.5. The summed E-state index contributed by atoms with van der Waals surface area (Å²) in [6.07, 6.45) is 6.14. The topological polar surface area (TPSA) is 272 Å². The maximum atomic E-state index is 13.4. The van der Waals surface area contributed by atoms with Gasteiger partial charge in [0.25, 0.3) is 0 Å². The lowest BCUT2D eigenvalue weighted by Crippen LogP contribution is -2.36. The number of pyridine rings is 2. The lowest BCUT2D eigenvalue weighted by atomic mass is 10.1. The minimum Gasteiger partial charge on any atom is -0.399 e. The predicted octanol–water partition coefficient (Wildman–Crippen LogP) is 8.71. The summed E-state index contributed by atoms with van der Waals surface area (Å²) in [5.74, 6) is 1.30. The number of benzene rings is 2. The first-order valence-electron chi connectivity index (χ1n) is 22.9. The molecule has 10 aromatic rings. The molecule has 8 aromatic heterocycles. The van der Waals surface area contributed by atoms with E-state index in [1.165, 1.54) is 24.5 Å². The van der Waals surface area contributed by atoms with Crippen LogP contribution in [0.3, 0.4) is 0 Å². The van der Waals surface area contributed by atoms with Crippen molar-refractivity contribution >= 4 is 56.9 Å². The van der Waals surface area contributed by atoms with Gasteiger partial charge >= 0.3 is 0 Å². The number of morpholine rings is 2. The summed E-state index contributed by atoms with van der Waals surface area (Å²) in [7, 11) is 0. The second-order valence-electron chi connectivity index (χ2n) is 16.6. The number of nitrogens with two attached hydrogens (primary N) is 2. The van der Waals surface area contributed by atoms with Crippen molar-refractivity contribution in [1.29, 1.82) is 0 Å². The second-order valence-corrected chi connectivity index (χ2v) is 16.6. The number of anilines is 5. The smallest absolute Gasteiger partial charge is 0.229 e. The van der Waals surface area contributed by atoms with Crippen molar-refractivity contribution in [3.05, 3.63) is 140 Å². The highest BCUT2D eigenvalue weighted by Crippen LogP contribution is 2.31. The number of ether oxygens (including phenoxy) is 2. The van der Waals surface area contributed by atoms with E-state index in [-0.39, 0.29) is 34.6 Å². The summed E-state index contributed by atoms with van der Waals surface area (Å²) in [5, 5.41) is 18.1. The first-order chi connectivity index (χ1) is 35.2. The van der Waals surface area contributed by atoms with Gasteiger partial charge in [0.2, 0.25) is 17.8 Å². The van der Waals surface area contributed by atoms with Crippen molar-refractivity contribution in [2.75, 3.05) is 79.2 Å². The van der Waals surface area contributed by atoms with E-state index in [1.54, 1.807) is 36.9 Å². The third kappa shape index (κ3) is 12.9. The molecule has 22 heteroatoms. The molecule has 12 rings (SSSR count). The van der Waals surface area contributed by atoms with Crippen LogP contribution < -0.4 is 26.6 Å². The van der Waals surface area contributed by atoms with Gasteiger partial charge in [0, 0.05) is 91.0 Å². The molecule has 2 aliphatic heterocycles. The average molecular weight is 1020 g/mol. The van der Waals surface area contributed by atoms with Gasteiger partial charge in [0.05, 0.1) is 55.0 Å². The van der Waals surface area contributed by atoms with E-state index in [4.69, 9.17) is 20.9 Å². The summed E-state index contributed by atoms with van der Waals surface area (Å²) >= 11 is 0. The van der Waals surface area contributed by atoms with Crippen LogP contribution in [0.1, 0.15) is 27.8 Å². The van der Waals surface area contributed by atoms with E-state index in [9.17, 15) is 13.6 Å². The first-order valence-corrected chi connectivity index (χ1v) is 22.9. The molecule has 0 saturated carbocycles. The van der Waals surface area contributed by atoms with Gasteiger partial charge in [-0.25, -0.2) is 29.9 Å². The van der Waals surface area contributed by atoms with Gasteiger partial charge in [0.1, 0.15) is 41.4 Å². The van der Waals surface area contributed by atoms with Crippen LogP contribution in [-0.4, -0.2) is 119 Å². The standard InChI is InChI=1S/C26H23FN8O2.C16H17N5O.C8H7FN4.3CH4/c27-22-12-18(5-6-28-22)21-14-23(34-33-21)32-24(36)11-16-1-3-17(4-2-16)20-13-19-25(31-20)29-15-30-26(19)35-7-9-37-10-8-35;17-12-3-1-11(2-4-12)14-9-13-15(20-14)18-10-19-16(13)21-5-7-22-8-6-21;9-7-3-5(1-2-11-7)6-4-8(10)13-12-6;;;/h1-6,12-15H,7-11H2,(H,29,30,31)(H2,32,33,34,36);1-4,9-10H,5-8,17H2,(H,18,19,20);1-4H,(H3,10,12,13);3*1H4. The second kappa shape index (κ2) is 24.5. The van der Waals surface area contributed by atoms with Crippen LogP contribution in [0.15, 0.2) is 122 Å². The Morgan fingerprint density at radius 1 is 0.560 bits per heavy atom. The van der Waals surface area contributed by atoms with E-state index in [0.717, 1.165) is 107 Å². The lowest BCUT2D eigenvalue weighted by molar-refractivity contribution is -0.115. The third-order valence-corrected chi connectivity index (χ3v) is 11.8. The molecule has 9 N–H and O–H groups in total. The molecular weight excluding hydrogens is 961 g/mol. The van der Waals surface area contributed by atoms with Gasteiger partial charge in [-0.1, -0.05) is 58.7 Å². The van der Waals surface area contributed by atoms with Crippen LogP contribution in [-0.2, 0) is 20.7 Å². The highest BCUT2D eigenvalue weighted by Gasteiger charge is 2.20. The molecule has 2 fully saturated rings. The number of aromatic nitrogens is 12. The number of fused-ring (bicyclic) bond motifs is 2. The molecule has 0 bridgehead atoms. The zero-order chi connectivity index (χ0) is 49.4. The maximum absolute atomic E-state index is 13.4. The fourth-order valence-electron chi connectivity index (χ4n) is 8.21. The Morgan fingerprint density at radius 3 is 1.52 bits per heavy atom. The SMILES string of the molecule is C.C.C.Nc1cc(-c2ccnc(F)c2)[nH]n1.Nc1ccc(-c2cc3c(N4CCOCC4)ncnc3[nH]2)cc1.O=C(Cc1ccc(-c2cc3c(N4CCOCC4)ncnc3[nH]2)cc1)Nc1cc(-c2ccnc(F)c2)[nH]n1. The van der Waals surface area contributed by atoms with Gasteiger partial charge in [-0.05, 0) is 53.1 Å². The molecule has 75 heavy (non-hydrogen) atoms. The minimum atomic E-state index is -0.584. The average Bonchev–Trinajstić information content (AvgIpc) is 4.25. The molecule has 0 radical (unpaired) electrons. The fourth-order valence-corrected chi connectivity index (χ4v) is 8.21. The van der Waals surface area contributed by atoms with Crippen LogP contribution in [0.2, 0.25) is 0 Å². The normalized spacial score (nSPS) is 13.0. The number of amides is 1. The van der Waals surface area contributed by atoms with E-state index in [1.807, 2.05) is 48.5 Å². The van der Waals surface area contributed by atoms with Crippen LogP contribution in [0.25, 0.3) is 67.1 Å². The number of nitrogens with one attached hydrogen (secondary N) is 5. The number of hydrogen-bond acceptors (Lipinski definition) is 15. The van der Waals surface area contributed by atoms with E-state index < -0.39 is 11.9 Å². The number of nitrogens with zero attached hydrogens (tertiary/aromatic N) is 10. The Balaban J connectivity index is 0.000000183. The number of halogens is 2. The summed E-state index contributed by atoms with van der Waals surface area (Å²) in [6.45, 7) is 6.15. The Morgan fingerprint density at radius 2 is 1.04 bits per heavy atom. The molecule has 388 valence electrons. The fraction of sp³-hybridized carbons (Fsp3) is 0.226. The van der Waals surface area contributed by atoms with Crippen LogP contribution >= 0.6 is 0 Å². The third-order valence-electron chi connectivity index (χ3n) is 11.8. The molecule has 2 saturated heterocycles. The van der Waals surface area contributed by atoms with Crippen LogP contribution in [0.4, 0.5) is 37.7 Å². The Hall–Kier alpha value is -9.15. The van der Waals surface area contributed by atoms with E-state index in [2.05, 4.69) is 87.5 Å². The first kappa shape index (κ1) is 53.6. The molecule has 0 atom stereocenters. The molecule has 0 aliphatic carbocycles. The molecule has 2 aliphatic rings. The number of carbonyl (C=O) groups is 1. The van der Waals surface area contributed by atoms with Gasteiger partial charge in [-0.2, -0.15) is 19.0 Å². The van der Waals surface area contributed by atoms with Crippen molar-refractivity contribution in [3.8, 4) is 45.0 Å². The largest absolute Gasteiger partial charge is 0.399 e. The number of rotatable bonds is 9. The number of aromatic amines is 4. The zero-order valence-electron chi connectivity index (χ0n) is 38.5. The van der Waals surface area contributed by atoms with Crippen LogP contribution in [0, 0.1) is 11.9 Å². The Labute approximate surface area is 431 Å². The molecule has 0 unspecified atom stereocenters. The molecule has 0 spiro atoms.